The Morgan fingerprint density at radius 2 is 1.64 bits per heavy atom. The predicted octanol–water partition coefficient (Wildman–Crippen LogP) is 3.50. The molecule has 0 aliphatic carbocycles. The fraction of sp³-hybridized carbons (Fsp3) is 0.333. The molecule has 0 spiro atoms. The van der Waals surface area contributed by atoms with Crippen molar-refractivity contribution in [2.24, 2.45) is 0 Å². The summed E-state index contributed by atoms with van der Waals surface area (Å²) >= 11 is 6.21. The van der Waals surface area contributed by atoms with E-state index in [1.165, 1.54) is 11.7 Å². The molecule has 190 valence electrons. The second-order valence-corrected chi connectivity index (χ2v) is 8.83. The molecule has 3 aromatic rings. The van der Waals surface area contributed by atoms with Gasteiger partial charge in [0.05, 0.1) is 23.3 Å². The predicted molar refractivity (Wildman–Crippen MR) is 140 cm³/mol. The summed E-state index contributed by atoms with van der Waals surface area (Å²) < 4.78 is 7.70. The topological polar surface area (TPSA) is 99.4 Å². The van der Waals surface area contributed by atoms with Gasteiger partial charge in [0.1, 0.15) is 6.04 Å². The number of methoxy groups -OCH3 is 1. The molecule has 1 heterocycles. The van der Waals surface area contributed by atoms with Crippen LogP contribution in [-0.2, 0) is 29.0 Å². The maximum atomic E-state index is 13.0. The molecule has 1 amide bonds. The van der Waals surface area contributed by atoms with Crippen molar-refractivity contribution in [2.45, 2.75) is 53.2 Å². The summed E-state index contributed by atoms with van der Waals surface area (Å²) in [5.74, 6) is -1.06. The lowest BCUT2D eigenvalue weighted by atomic mass is 9.99. The molecule has 8 nitrogen and oxygen atoms in total. The van der Waals surface area contributed by atoms with Crippen molar-refractivity contribution < 1.29 is 14.3 Å². The standard InChI is InChI=1S/C27H30ClN3O5/c1-6-30-17(4)23(25(33)31(7-2)27(30)35)19-13-11-18(12-14-19)15-21(26(34)36-5)29-24(32)22-16(3)9-8-10-20(22)28/h8-14,21H,6-7,15H2,1-5H3,(H,29,32). The molecular weight excluding hydrogens is 482 g/mol. The number of nitrogens with zero attached hydrogens (tertiary/aromatic N) is 2. The highest BCUT2D eigenvalue weighted by Crippen LogP contribution is 2.22. The van der Waals surface area contributed by atoms with Gasteiger partial charge in [-0.3, -0.25) is 18.7 Å². The van der Waals surface area contributed by atoms with Crippen LogP contribution >= 0.6 is 11.6 Å². The molecule has 36 heavy (non-hydrogen) atoms. The molecule has 9 heteroatoms. The number of benzene rings is 2. The summed E-state index contributed by atoms with van der Waals surface area (Å²) in [6, 6.07) is 11.3. The van der Waals surface area contributed by atoms with Gasteiger partial charge < -0.3 is 10.1 Å². The second kappa shape index (κ2) is 11.4. The summed E-state index contributed by atoms with van der Waals surface area (Å²) in [5.41, 5.74) is 2.79. The van der Waals surface area contributed by atoms with Crippen LogP contribution in [0.2, 0.25) is 5.02 Å². The number of nitrogens with one attached hydrogen (secondary N) is 1. The van der Waals surface area contributed by atoms with Gasteiger partial charge in [0.25, 0.3) is 11.5 Å². The van der Waals surface area contributed by atoms with Gasteiger partial charge in [0.15, 0.2) is 0 Å². The molecule has 3 rings (SSSR count). The fourth-order valence-corrected chi connectivity index (χ4v) is 4.62. The van der Waals surface area contributed by atoms with E-state index in [-0.39, 0.29) is 24.2 Å². The Bertz CT molecular complexity index is 1390. The van der Waals surface area contributed by atoms with Crippen molar-refractivity contribution in [3.63, 3.8) is 0 Å². The highest BCUT2D eigenvalue weighted by molar-refractivity contribution is 6.34. The number of hydrogen-bond acceptors (Lipinski definition) is 5. The van der Waals surface area contributed by atoms with Crippen LogP contribution in [-0.4, -0.2) is 34.2 Å². The quantitative estimate of drug-likeness (QED) is 0.467. The first-order valence-electron chi connectivity index (χ1n) is 11.7. The van der Waals surface area contributed by atoms with Crippen molar-refractivity contribution in [2.75, 3.05) is 7.11 Å². The number of aromatic nitrogens is 2. The van der Waals surface area contributed by atoms with E-state index >= 15 is 0 Å². The zero-order chi connectivity index (χ0) is 26.6. The average molecular weight is 512 g/mol. The molecule has 1 atom stereocenters. The Kier molecular flexibility index (Phi) is 8.53. The summed E-state index contributed by atoms with van der Waals surface area (Å²) in [5, 5.41) is 3.02. The Balaban J connectivity index is 1.92. The summed E-state index contributed by atoms with van der Waals surface area (Å²) in [6.07, 6.45) is 0.175. The first kappa shape index (κ1) is 26.9. The van der Waals surface area contributed by atoms with Crippen LogP contribution < -0.4 is 16.6 Å². The number of esters is 1. The van der Waals surface area contributed by atoms with Crippen LogP contribution in [0.5, 0.6) is 0 Å². The van der Waals surface area contributed by atoms with E-state index in [0.29, 0.717) is 39.5 Å². The lowest BCUT2D eigenvalue weighted by molar-refractivity contribution is -0.142. The normalized spacial score (nSPS) is 11.7. The van der Waals surface area contributed by atoms with Gasteiger partial charge >= 0.3 is 11.7 Å². The SMILES string of the molecule is CCn1c(C)c(-c2ccc(CC(NC(=O)c3c(C)cccc3Cl)C(=O)OC)cc2)c(=O)n(CC)c1=O. The van der Waals surface area contributed by atoms with E-state index in [9.17, 15) is 19.2 Å². The van der Waals surface area contributed by atoms with Gasteiger partial charge in [0.2, 0.25) is 0 Å². The summed E-state index contributed by atoms with van der Waals surface area (Å²) in [4.78, 5) is 51.0. The van der Waals surface area contributed by atoms with Crippen molar-refractivity contribution in [1.82, 2.24) is 14.5 Å². The fourth-order valence-electron chi connectivity index (χ4n) is 4.31. The van der Waals surface area contributed by atoms with Crippen LogP contribution in [0, 0.1) is 13.8 Å². The molecule has 1 N–H and O–H groups in total. The minimum atomic E-state index is -0.940. The lowest BCUT2D eigenvalue weighted by Crippen LogP contribution is -2.43. The van der Waals surface area contributed by atoms with Gasteiger partial charge in [-0.1, -0.05) is 48.0 Å². The number of hydrogen-bond donors (Lipinski definition) is 1. The van der Waals surface area contributed by atoms with Crippen LogP contribution in [0.4, 0.5) is 0 Å². The van der Waals surface area contributed by atoms with Gasteiger partial charge in [0, 0.05) is 25.2 Å². The molecule has 0 aliphatic heterocycles. The summed E-state index contributed by atoms with van der Waals surface area (Å²) in [6.45, 7) is 7.86. The van der Waals surface area contributed by atoms with Crippen LogP contribution in [0.25, 0.3) is 11.1 Å². The van der Waals surface area contributed by atoms with E-state index < -0.39 is 17.9 Å². The van der Waals surface area contributed by atoms with Gasteiger partial charge in [-0.15, -0.1) is 0 Å². The number of carbonyl (C=O) groups is 2. The maximum Gasteiger partial charge on any atom is 0.331 e. The Hall–Kier alpha value is -3.65. The molecule has 0 aliphatic rings. The molecule has 2 aromatic carbocycles. The summed E-state index contributed by atoms with van der Waals surface area (Å²) in [7, 11) is 1.26. The van der Waals surface area contributed by atoms with Crippen molar-refractivity contribution in [3.8, 4) is 11.1 Å². The van der Waals surface area contributed by atoms with Crippen molar-refractivity contribution in [3.05, 3.63) is 90.7 Å². The van der Waals surface area contributed by atoms with E-state index in [1.54, 1.807) is 67.8 Å². The van der Waals surface area contributed by atoms with E-state index in [2.05, 4.69) is 5.32 Å². The smallest absolute Gasteiger partial charge is 0.331 e. The zero-order valence-electron chi connectivity index (χ0n) is 21.1. The van der Waals surface area contributed by atoms with Gasteiger partial charge in [-0.05, 0) is 50.5 Å². The van der Waals surface area contributed by atoms with Crippen molar-refractivity contribution in [1.29, 1.82) is 0 Å². The molecular formula is C27H30ClN3O5. The Morgan fingerprint density at radius 3 is 2.19 bits per heavy atom. The molecule has 0 saturated heterocycles. The Morgan fingerprint density at radius 1 is 1.00 bits per heavy atom. The minimum absolute atomic E-state index is 0.175. The first-order valence-corrected chi connectivity index (χ1v) is 12.1. The third-order valence-electron chi connectivity index (χ3n) is 6.24. The number of amides is 1. The highest BCUT2D eigenvalue weighted by atomic mass is 35.5. The Labute approximate surface area is 214 Å². The van der Waals surface area contributed by atoms with Crippen molar-refractivity contribution >= 4 is 23.5 Å². The number of rotatable bonds is 8. The molecule has 0 bridgehead atoms. The van der Waals surface area contributed by atoms with Gasteiger partial charge in [-0.25, -0.2) is 9.59 Å². The highest BCUT2D eigenvalue weighted by Gasteiger charge is 2.25. The minimum Gasteiger partial charge on any atom is -0.467 e. The number of ether oxygens (including phenoxy) is 1. The molecule has 0 saturated carbocycles. The number of carbonyl (C=O) groups excluding carboxylic acids is 2. The molecule has 1 unspecified atom stereocenters. The number of aryl methyl sites for hydroxylation is 1. The van der Waals surface area contributed by atoms with Gasteiger partial charge in [-0.2, -0.15) is 0 Å². The third-order valence-corrected chi connectivity index (χ3v) is 6.56. The monoisotopic (exact) mass is 511 g/mol. The van der Waals surface area contributed by atoms with E-state index in [1.807, 2.05) is 6.92 Å². The molecule has 1 aromatic heterocycles. The van der Waals surface area contributed by atoms with Crippen LogP contribution in [0.3, 0.4) is 0 Å². The van der Waals surface area contributed by atoms with Crippen LogP contribution in [0.15, 0.2) is 52.1 Å². The van der Waals surface area contributed by atoms with E-state index in [4.69, 9.17) is 16.3 Å². The lowest BCUT2D eigenvalue weighted by Gasteiger charge is -2.18. The second-order valence-electron chi connectivity index (χ2n) is 8.42. The molecule has 0 fully saturated rings. The van der Waals surface area contributed by atoms with E-state index in [0.717, 1.165) is 5.56 Å². The average Bonchev–Trinajstić information content (AvgIpc) is 2.84. The zero-order valence-corrected chi connectivity index (χ0v) is 21.8. The number of halogens is 1. The maximum absolute atomic E-state index is 13.0. The third kappa shape index (κ3) is 5.28. The first-order chi connectivity index (χ1) is 17.1. The largest absolute Gasteiger partial charge is 0.467 e. The van der Waals surface area contributed by atoms with Crippen LogP contribution in [0.1, 0.15) is 41.0 Å². The molecule has 0 radical (unpaired) electrons.